The van der Waals surface area contributed by atoms with Crippen LogP contribution in [0.2, 0.25) is 0 Å². The van der Waals surface area contributed by atoms with E-state index in [9.17, 15) is 4.79 Å². The number of hydrogen-bond acceptors (Lipinski definition) is 4. The number of benzene rings is 1. The van der Waals surface area contributed by atoms with Gasteiger partial charge in [0.25, 0.3) is 0 Å². The molecule has 3 aromatic heterocycles. The van der Waals surface area contributed by atoms with Crippen LogP contribution in [0.25, 0.3) is 5.82 Å². The first-order valence-electron chi connectivity index (χ1n) is 8.58. The van der Waals surface area contributed by atoms with E-state index in [-0.39, 0.29) is 5.91 Å². The first-order chi connectivity index (χ1) is 13.3. The molecule has 0 fully saturated rings. The van der Waals surface area contributed by atoms with Gasteiger partial charge in [0.15, 0.2) is 11.9 Å². The van der Waals surface area contributed by atoms with Crippen molar-refractivity contribution in [1.82, 2.24) is 29.9 Å². The molecule has 0 radical (unpaired) electrons. The zero-order valence-electron chi connectivity index (χ0n) is 14.5. The number of amides is 1. The Kier molecular flexibility index (Phi) is 4.74. The van der Waals surface area contributed by atoms with Gasteiger partial charge in [-0.1, -0.05) is 36.4 Å². The minimum absolute atomic E-state index is 0.124. The molecule has 1 atom stereocenters. The Balaban J connectivity index is 1.47. The summed E-state index contributed by atoms with van der Waals surface area (Å²) in [5.74, 6) is 0.606. The quantitative estimate of drug-likeness (QED) is 0.574. The summed E-state index contributed by atoms with van der Waals surface area (Å²) in [4.78, 5) is 17.2. The van der Waals surface area contributed by atoms with Gasteiger partial charge in [-0.3, -0.25) is 9.48 Å². The number of carbonyl (C=O) groups excluding carboxylic acids is 1. The minimum atomic E-state index is -0.516. The second-order valence-corrected chi connectivity index (χ2v) is 5.99. The largest absolute Gasteiger partial charge is 0.350 e. The van der Waals surface area contributed by atoms with Crippen LogP contribution in [0.15, 0.2) is 85.6 Å². The lowest BCUT2D eigenvalue weighted by Crippen LogP contribution is -2.33. The maximum Gasteiger partial charge on any atom is 0.249 e. The SMILES string of the molecule is O=C(NCc1ccc(-n2cccn2)nc1)C(c1ccccc1)n1cccn1. The van der Waals surface area contributed by atoms with Gasteiger partial charge in [0, 0.05) is 37.5 Å². The monoisotopic (exact) mass is 358 g/mol. The van der Waals surface area contributed by atoms with Gasteiger partial charge < -0.3 is 5.32 Å². The highest BCUT2D eigenvalue weighted by Gasteiger charge is 2.22. The molecule has 1 unspecified atom stereocenters. The molecule has 0 spiro atoms. The van der Waals surface area contributed by atoms with Gasteiger partial charge in [-0.2, -0.15) is 10.2 Å². The van der Waals surface area contributed by atoms with Crippen molar-refractivity contribution in [2.45, 2.75) is 12.6 Å². The number of nitrogens with one attached hydrogen (secondary N) is 1. The van der Waals surface area contributed by atoms with E-state index in [2.05, 4.69) is 20.5 Å². The van der Waals surface area contributed by atoms with E-state index in [1.54, 1.807) is 40.2 Å². The van der Waals surface area contributed by atoms with Crippen LogP contribution >= 0.6 is 0 Å². The van der Waals surface area contributed by atoms with E-state index in [1.165, 1.54) is 0 Å². The topological polar surface area (TPSA) is 77.6 Å². The van der Waals surface area contributed by atoms with Crippen LogP contribution in [0.1, 0.15) is 17.2 Å². The van der Waals surface area contributed by atoms with E-state index in [1.807, 2.05) is 54.7 Å². The first-order valence-corrected chi connectivity index (χ1v) is 8.58. The van der Waals surface area contributed by atoms with Crippen LogP contribution in [0.5, 0.6) is 0 Å². The van der Waals surface area contributed by atoms with E-state index < -0.39 is 6.04 Å². The highest BCUT2D eigenvalue weighted by atomic mass is 16.2. The van der Waals surface area contributed by atoms with Gasteiger partial charge in [0.2, 0.25) is 5.91 Å². The Morgan fingerprint density at radius 1 is 0.963 bits per heavy atom. The number of pyridine rings is 1. The molecule has 1 amide bonds. The molecule has 7 nitrogen and oxygen atoms in total. The summed E-state index contributed by atoms with van der Waals surface area (Å²) in [5, 5.41) is 11.4. The lowest BCUT2D eigenvalue weighted by Gasteiger charge is -2.18. The second-order valence-electron chi connectivity index (χ2n) is 5.99. The third-order valence-corrected chi connectivity index (χ3v) is 4.17. The zero-order valence-corrected chi connectivity index (χ0v) is 14.5. The molecule has 134 valence electrons. The average Bonchev–Trinajstić information content (AvgIpc) is 3.42. The summed E-state index contributed by atoms with van der Waals surface area (Å²) < 4.78 is 3.34. The van der Waals surface area contributed by atoms with Crippen molar-refractivity contribution in [3.05, 3.63) is 96.7 Å². The van der Waals surface area contributed by atoms with Crippen molar-refractivity contribution in [3.8, 4) is 5.82 Å². The van der Waals surface area contributed by atoms with Crippen LogP contribution in [0.3, 0.4) is 0 Å². The van der Waals surface area contributed by atoms with E-state index in [4.69, 9.17) is 0 Å². The highest BCUT2D eigenvalue weighted by molar-refractivity contribution is 5.83. The Morgan fingerprint density at radius 3 is 2.44 bits per heavy atom. The number of rotatable bonds is 6. The molecule has 0 aliphatic rings. The maximum absolute atomic E-state index is 12.9. The molecular formula is C20H18N6O. The Hall–Kier alpha value is -3.74. The van der Waals surface area contributed by atoms with Crippen molar-refractivity contribution < 1.29 is 4.79 Å². The zero-order chi connectivity index (χ0) is 18.5. The van der Waals surface area contributed by atoms with E-state index in [0.717, 1.165) is 16.9 Å². The third kappa shape index (κ3) is 3.77. The van der Waals surface area contributed by atoms with Crippen molar-refractivity contribution in [2.24, 2.45) is 0 Å². The Morgan fingerprint density at radius 2 is 1.78 bits per heavy atom. The summed E-state index contributed by atoms with van der Waals surface area (Å²) in [5.41, 5.74) is 1.79. The van der Waals surface area contributed by atoms with Crippen molar-refractivity contribution in [3.63, 3.8) is 0 Å². The third-order valence-electron chi connectivity index (χ3n) is 4.17. The molecule has 1 aromatic carbocycles. The van der Waals surface area contributed by atoms with Crippen molar-refractivity contribution in [2.75, 3.05) is 0 Å². The number of aromatic nitrogens is 5. The normalized spacial score (nSPS) is 11.9. The first kappa shape index (κ1) is 16.7. The van der Waals surface area contributed by atoms with E-state index >= 15 is 0 Å². The van der Waals surface area contributed by atoms with Gasteiger partial charge in [-0.05, 0) is 29.3 Å². The average molecular weight is 358 g/mol. The van der Waals surface area contributed by atoms with Crippen molar-refractivity contribution >= 4 is 5.91 Å². The van der Waals surface area contributed by atoms with Gasteiger partial charge in [0.1, 0.15) is 0 Å². The van der Waals surface area contributed by atoms with Crippen LogP contribution in [0.4, 0.5) is 0 Å². The van der Waals surface area contributed by atoms with Crippen LogP contribution in [-0.2, 0) is 11.3 Å². The molecule has 0 aliphatic carbocycles. The van der Waals surface area contributed by atoms with Crippen LogP contribution in [-0.4, -0.2) is 30.5 Å². The summed E-state index contributed by atoms with van der Waals surface area (Å²) in [7, 11) is 0. The predicted octanol–water partition coefficient (Wildman–Crippen LogP) is 2.37. The Labute approximate surface area is 156 Å². The molecule has 3 heterocycles. The molecule has 7 heteroatoms. The standard InChI is InChI=1S/C20H18N6O/c27-20(19(26-13-5-11-24-26)17-6-2-1-3-7-17)22-15-16-8-9-18(21-14-16)25-12-4-10-23-25/h1-14,19H,15H2,(H,22,27). The van der Waals surface area contributed by atoms with Crippen LogP contribution in [0, 0.1) is 0 Å². The second kappa shape index (κ2) is 7.65. The van der Waals surface area contributed by atoms with Crippen LogP contribution < -0.4 is 5.32 Å². The molecule has 1 N–H and O–H groups in total. The molecule has 0 saturated heterocycles. The van der Waals surface area contributed by atoms with Crippen molar-refractivity contribution in [1.29, 1.82) is 0 Å². The fourth-order valence-corrected chi connectivity index (χ4v) is 2.84. The highest BCUT2D eigenvalue weighted by Crippen LogP contribution is 2.17. The molecular weight excluding hydrogens is 340 g/mol. The smallest absolute Gasteiger partial charge is 0.249 e. The summed E-state index contributed by atoms with van der Waals surface area (Å²) in [6, 6.07) is 16.5. The van der Waals surface area contributed by atoms with Gasteiger partial charge >= 0.3 is 0 Å². The minimum Gasteiger partial charge on any atom is -0.350 e. The summed E-state index contributed by atoms with van der Waals surface area (Å²) in [6.07, 6.45) is 8.73. The van der Waals surface area contributed by atoms with Gasteiger partial charge in [-0.15, -0.1) is 0 Å². The molecule has 4 aromatic rings. The lowest BCUT2D eigenvalue weighted by molar-refractivity contribution is -0.123. The predicted molar refractivity (Wildman–Crippen MR) is 100 cm³/mol. The fourth-order valence-electron chi connectivity index (χ4n) is 2.84. The number of carbonyl (C=O) groups is 1. The molecule has 0 saturated carbocycles. The fraction of sp³-hybridized carbons (Fsp3) is 0.100. The molecule has 27 heavy (non-hydrogen) atoms. The van der Waals surface area contributed by atoms with E-state index in [0.29, 0.717) is 6.54 Å². The molecule has 0 aliphatic heterocycles. The molecule has 0 bridgehead atoms. The summed E-state index contributed by atoms with van der Waals surface area (Å²) in [6.45, 7) is 0.385. The number of nitrogens with zero attached hydrogens (tertiary/aromatic N) is 5. The lowest BCUT2D eigenvalue weighted by atomic mass is 10.1. The Bertz CT molecular complexity index is 979. The summed E-state index contributed by atoms with van der Waals surface area (Å²) >= 11 is 0. The number of hydrogen-bond donors (Lipinski definition) is 1. The van der Waals surface area contributed by atoms with Gasteiger partial charge in [-0.25, -0.2) is 9.67 Å². The maximum atomic E-state index is 12.9. The molecule has 4 rings (SSSR count). The van der Waals surface area contributed by atoms with Gasteiger partial charge in [0.05, 0.1) is 0 Å².